The van der Waals surface area contributed by atoms with E-state index in [2.05, 4.69) is 10.3 Å². The predicted octanol–water partition coefficient (Wildman–Crippen LogP) is 3.76. The van der Waals surface area contributed by atoms with E-state index in [4.69, 9.17) is 0 Å². The topological polar surface area (TPSA) is 83.8 Å². The van der Waals surface area contributed by atoms with Crippen molar-refractivity contribution in [3.63, 3.8) is 0 Å². The normalized spacial score (nSPS) is 20.5. The fourth-order valence-corrected chi connectivity index (χ4v) is 6.15. The summed E-state index contributed by atoms with van der Waals surface area (Å²) in [5.74, 6) is -0.352. The number of fused-ring (bicyclic) bond motifs is 4. The number of aryl methyl sites for hydroxylation is 2. The van der Waals surface area contributed by atoms with E-state index in [0.29, 0.717) is 10.7 Å². The first-order chi connectivity index (χ1) is 15.9. The zero-order valence-electron chi connectivity index (χ0n) is 18.1. The van der Waals surface area contributed by atoms with Crippen LogP contribution in [0.4, 0.5) is 4.79 Å². The highest BCUT2D eigenvalue weighted by molar-refractivity contribution is 7.17. The number of amides is 3. The van der Waals surface area contributed by atoms with Crippen LogP contribution in [0.5, 0.6) is 0 Å². The average Bonchev–Trinajstić information content (AvgIpc) is 3.29. The number of hydrogen-bond donors (Lipinski definition) is 1. The van der Waals surface area contributed by atoms with Gasteiger partial charge >= 0.3 is 6.03 Å². The van der Waals surface area contributed by atoms with Crippen LogP contribution in [0.15, 0.2) is 53.3 Å². The van der Waals surface area contributed by atoms with Gasteiger partial charge in [0.1, 0.15) is 5.54 Å². The molecule has 166 valence electrons. The summed E-state index contributed by atoms with van der Waals surface area (Å²) in [5, 5.41) is 4.92. The molecule has 1 fully saturated rings. The maximum Gasteiger partial charge on any atom is 0.325 e. The van der Waals surface area contributed by atoms with Gasteiger partial charge in [0.15, 0.2) is 4.96 Å². The van der Waals surface area contributed by atoms with E-state index in [-0.39, 0.29) is 18.0 Å². The molecule has 2 aliphatic rings. The summed E-state index contributed by atoms with van der Waals surface area (Å²) in [7, 11) is 0. The lowest BCUT2D eigenvalue weighted by atomic mass is 9.90. The Hall–Kier alpha value is -3.52. The van der Waals surface area contributed by atoms with Gasteiger partial charge < -0.3 is 5.32 Å². The summed E-state index contributed by atoms with van der Waals surface area (Å²) >= 11 is 1.53. The number of nitrogens with zero attached hydrogens (tertiary/aromatic N) is 3. The Kier molecular flexibility index (Phi) is 4.42. The van der Waals surface area contributed by atoms with Crippen LogP contribution in [0, 0.1) is 0 Å². The van der Waals surface area contributed by atoms with Crippen molar-refractivity contribution >= 4 is 39.0 Å². The quantitative estimate of drug-likeness (QED) is 0.474. The lowest BCUT2D eigenvalue weighted by Gasteiger charge is -2.22. The van der Waals surface area contributed by atoms with Crippen LogP contribution in [0.3, 0.4) is 0 Å². The number of imide groups is 1. The maximum absolute atomic E-state index is 13.4. The van der Waals surface area contributed by atoms with Crippen molar-refractivity contribution in [3.8, 4) is 0 Å². The van der Waals surface area contributed by atoms with Gasteiger partial charge in [-0.05, 0) is 55.0 Å². The largest absolute Gasteiger partial charge is 0.325 e. The highest BCUT2D eigenvalue weighted by Gasteiger charge is 2.49. The molecule has 1 N–H and O–H groups in total. The minimum atomic E-state index is -1.18. The van der Waals surface area contributed by atoms with Gasteiger partial charge in [-0.25, -0.2) is 9.78 Å². The van der Waals surface area contributed by atoms with Gasteiger partial charge in [0.2, 0.25) is 0 Å². The van der Waals surface area contributed by atoms with Crippen LogP contribution >= 0.6 is 11.3 Å². The standard InChI is InChI=1S/C25H22N4O3S/c1-25(17-11-10-15-6-2-3-7-16(15)12-17)22(31)28(23(32)27-25)14-18-13-21(30)29-19-8-4-5-9-20(19)33-24(29)26-18/h2-3,6-7,10-13H,4-5,8-9,14H2,1H3,(H,27,32). The first kappa shape index (κ1) is 20.1. The first-order valence-electron chi connectivity index (χ1n) is 11.1. The molecule has 2 aromatic heterocycles. The van der Waals surface area contributed by atoms with E-state index in [9.17, 15) is 14.4 Å². The molecule has 2 aromatic carbocycles. The molecule has 6 rings (SSSR count). The molecular weight excluding hydrogens is 436 g/mol. The molecule has 1 aliphatic heterocycles. The van der Waals surface area contributed by atoms with E-state index < -0.39 is 11.6 Å². The molecule has 3 amide bonds. The monoisotopic (exact) mass is 458 g/mol. The van der Waals surface area contributed by atoms with E-state index in [1.165, 1.54) is 22.3 Å². The third kappa shape index (κ3) is 3.08. The fraction of sp³-hybridized carbons (Fsp3) is 0.280. The minimum Gasteiger partial charge on any atom is -0.319 e. The average molecular weight is 459 g/mol. The molecule has 0 spiro atoms. The molecule has 33 heavy (non-hydrogen) atoms. The van der Waals surface area contributed by atoms with E-state index in [1.807, 2.05) is 42.5 Å². The Morgan fingerprint density at radius 2 is 1.82 bits per heavy atom. The Bertz CT molecular complexity index is 1520. The van der Waals surface area contributed by atoms with Crippen molar-refractivity contribution in [1.29, 1.82) is 0 Å². The van der Waals surface area contributed by atoms with E-state index in [1.54, 1.807) is 11.3 Å². The van der Waals surface area contributed by atoms with Gasteiger partial charge in [-0.3, -0.25) is 18.9 Å². The van der Waals surface area contributed by atoms with Crippen molar-refractivity contribution in [2.24, 2.45) is 0 Å². The molecule has 3 heterocycles. The molecule has 0 bridgehead atoms. The summed E-state index contributed by atoms with van der Waals surface area (Å²) in [6.45, 7) is 1.68. The third-order valence-corrected chi connectivity index (χ3v) is 7.88. The number of thiazole rings is 1. The second-order valence-electron chi connectivity index (χ2n) is 8.89. The molecule has 1 saturated heterocycles. The molecular formula is C25H22N4O3S. The van der Waals surface area contributed by atoms with Crippen LogP contribution in [0.1, 0.15) is 41.6 Å². The van der Waals surface area contributed by atoms with Crippen molar-refractivity contribution in [2.75, 3.05) is 0 Å². The summed E-state index contributed by atoms with van der Waals surface area (Å²) in [5.41, 5.74) is 0.867. The molecule has 1 unspecified atom stereocenters. The fourth-order valence-electron chi connectivity index (χ4n) is 4.92. The number of carbonyl (C=O) groups excluding carboxylic acids is 2. The molecule has 8 heteroatoms. The smallest absolute Gasteiger partial charge is 0.319 e. The highest BCUT2D eigenvalue weighted by Crippen LogP contribution is 2.32. The van der Waals surface area contributed by atoms with Gasteiger partial charge in [0.25, 0.3) is 11.5 Å². The predicted molar refractivity (Wildman–Crippen MR) is 126 cm³/mol. The minimum absolute atomic E-state index is 0.0395. The van der Waals surface area contributed by atoms with Gasteiger partial charge in [-0.15, -0.1) is 11.3 Å². The second kappa shape index (κ2) is 7.25. The van der Waals surface area contributed by atoms with Crippen molar-refractivity contribution < 1.29 is 9.59 Å². The number of carbonyl (C=O) groups is 2. The Morgan fingerprint density at radius 1 is 1.03 bits per heavy atom. The zero-order valence-corrected chi connectivity index (χ0v) is 18.9. The van der Waals surface area contributed by atoms with Gasteiger partial charge in [0, 0.05) is 16.6 Å². The highest BCUT2D eigenvalue weighted by atomic mass is 32.1. The van der Waals surface area contributed by atoms with Gasteiger partial charge in [-0.1, -0.05) is 36.4 Å². The number of rotatable bonds is 3. The first-order valence-corrected chi connectivity index (χ1v) is 11.9. The SMILES string of the molecule is CC1(c2ccc3ccccc3c2)NC(=O)N(Cc2cc(=O)n3c4c(sc3n2)CCCC4)C1=O. The van der Waals surface area contributed by atoms with Crippen LogP contribution in [-0.4, -0.2) is 26.2 Å². The molecule has 1 aliphatic carbocycles. The van der Waals surface area contributed by atoms with Crippen molar-refractivity contribution in [1.82, 2.24) is 19.6 Å². The molecule has 0 radical (unpaired) electrons. The van der Waals surface area contributed by atoms with E-state index >= 15 is 0 Å². The zero-order chi connectivity index (χ0) is 22.7. The summed E-state index contributed by atoms with van der Waals surface area (Å²) < 4.78 is 1.69. The summed E-state index contributed by atoms with van der Waals surface area (Å²) in [4.78, 5) is 46.8. The van der Waals surface area contributed by atoms with Crippen LogP contribution in [-0.2, 0) is 29.7 Å². The maximum atomic E-state index is 13.4. The number of nitrogens with one attached hydrogen (secondary N) is 1. The number of benzene rings is 2. The number of aromatic nitrogens is 2. The Balaban J connectivity index is 1.34. The van der Waals surface area contributed by atoms with Crippen LogP contribution < -0.4 is 10.9 Å². The van der Waals surface area contributed by atoms with Crippen LogP contribution in [0.2, 0.25) is 0 Å². The second-order valence-corrected chi connectivity index (χ2v) is 9.95. The molecule has 0 saturated carbocycles. The van der Waals surface area contributed by atoms with Crippen molar-refractivity contribution in [2.45, 2.75) is 44.7 Å². The molecule has 4 aromatic rings. The lowest BCUT2D eigenvalue weighted by Crippen LogP contribution is -2.40. The van der Waals surface area contributed by atoms with Gasteiger partial charge in [-0.2, -0.15) is 0 Å². The van der Waals surface area contributed by atoms with Crippen LogP contribution in [0.25, 0.3) is 15.7 Å². The Labute approximate surface area is 193 Å². The van der Waals surface area contributed by atoms with Gasteiger partial charge in [0.05, 0.1) is 12.2 Å². The lowest BCUT2D eigenvalue weighted by molar-refractivity contribution is -0.131. The summed E-state index contributed by atoms with van der Waals surface area (Å²) in [6, 6.07) is 14.6. The Morgan fingerprint density at radius 3 is 2.67 bits per heavy atom. The van der Waals surface area contributed by atoms with Crippen molar-refractivity contribution in [3.05, 3.63) is 80.7 Å². The number of hydrogen-bond acceptors (Lipinski definition) is 5. The third-order valence-electron chi connectivity index (χ3n) is 6.74. The van der Waals surface area contributed by atoms with E-state index in [0.717, 1.165) is 52.6 Å². The number of urea groups is 1. The molecule has 1 atom stereocenters. The molecule has 7 nitrogen and oxygen atoms in total. The summed E-state index contributed by atoms with van der Waals surface area (Å²) in [6.07, 6.45) is 4.04.